The molecule has 0 heterocycles. The summed E-state index contributed by atoms with van der Waals surface area (Å²) >= 11 is 3.36. The number of hydrogen-bond donors (Lipinski definition) is 2. The molecular weight excluding hydrogens is 298 g/mol. The fourth-order valence-corrected chi connectivity index (χ4v) is 1.76. The maximum Gasteiger partial charge on any atom is 0.318 e. The minimum absolute atomic E-state index is 0.521. The van der Waals surface area contributed by atoms with Crippen molar-refractivity contribution in [3.63, 3.8) is 0 Å². The fourth-order valence-electron chi connectivity index (χ4n) is 1.35. The summed E-state index contributed by atoms with van der Waals surface area (Å²) in [5.74, 6) is -1.66. The second-order valence-corrected chi connectivity index (χ2v) is 5.45. The van der Waals surface area contributed by atoms with E-state index in [-0.39, 0.29) is 0 Å². The highest BCUT2D eigenvalue weighted by molar-refractivity contribution is 9.10. The number of hydrogen-bond acceptors (Lipinski definition) is 2. The number of carbonyl (C=O) groups is 2. The average molecular weight is 314 g/mol. The van der Waals surface area contributed by atoms with Gasteiger partial charge >= 0.3 is 5.97 Å². The molecule has 0 aliphatic heterocycles. The number of carboxylic acids is 1. The second kappa shape index (κ2) is 5.52. The van der Waals surface area contributed by atoms with Gasteiger partial charge in [0.05, 0.1) is 0 Å². The van der Waals surface area contributed by atoms with Crippen LogP contribution < -0.4 is 5.32 Å². The predicted molar refractivity (Wildman–Crippen MR) is 73.6 cm³/mol. The first kappa shape index (κ1) is 14.7. The van der Waals surface area contributed by atoms with Gasteiger partial charge in [0.2, 0.25) is 5.91 Å². The number of benzene rings is 1. The van der Waals surface area contributed by atoms with Gasteiger partial charge in [-0.2, -0.15) is 0 Å². The van der Waals surface area contributed by atoms with Crippen LogP contribution in [0.2, 0.25) is 0 Å². The van der Waals surface area contributed by atoms with Gasteiger partial charge in [-0.25, -0.2) is 0 Å². The minimum atomic E-state index is -1.45. The highest BCUT2D eigenvalue weighted by Gasteiger charge is 2.36. The van der Waals surface area contributed by atoms with E-state index in [1.807, 2.05) is 19.1 Å². The number of anilines is 1. The fraction of sp³-hybridized carbons (Fsp3) is 0.385. The molecule has 1 aromatic rings. The summed E-state index contributed by atoms with van der Waals surface area (Å²) in [6, 6.07) is 5.48. The number of halogens is 1. The maximum atomic E-state index is 11.9. The van der Waals surface area contributed by atoms with Crippen molar-refractivity contribution in [1.29, 1.82) is 0 Å². The number of rotatable bonds is 4. The summed E-state index contributed by atoms with van der Waals surface area (Å²) in [5.41, 5.74) is 0.164. The molecule has 1 rings (SSSR count). The van der Waals surface area contributed by atoms with Gasteiger partial charge in [0.15, 0.2) is 0 Å². The molecule has 0 atom stereocenters. The van der Waals surface area contributed by atoms with Crippen LogP contribution in [0.15, 0.2) is 22.7 Å². The molecule has 1 amide bonds. The molecule has 0 aliphatic rings. The predicted octanol–water partition coefficient (Wildman–Crippen LogP) is 3.06. The standard InChI is InChI=1S/C13H16BrNO3/c1-4-8-7-9(14)5-6-10(8)15-11(16)13(2,3)12(17)18/h5-7H,4H2,1-3H3,(H,15,16)(H,17,18). The minimum Gasteiger partial charge on any atom is -0.480 e. The van der Waals surface area contributed by atoms with E-state index in [0.29, 0.717) is 5.69 Å². The Bertz CT molecular complexity index is 483. The van der Waals surface area contributed by atoms with Gasteiger partial charge in [0.1, 0.15) is 5.41 Å². The van der Waals surface area contributed by atoms with E-state index in [2.05, 4.69) is 21.2 Å². The molecule has 0 aromatic heterocycles. The van der Waals surface area contributed by atoms with Crippen molar-refractivity contribution in [2.24, 2.45) is 5.41 Å². The molecular formula is C13H16BrNO3. The van der Waals surface area contributed by atoms with Crippen molar-refractivity contribution in [2.75, 3.05) is 5.32 Å². The van der Waals surface area contributed by atoms with E-state index >= 15 is 0 Å². The highest BCUT2D eigenvalue weighted by atomic mass is 79.9. The number of aryl methyl sites for hydroxylation is 1. The number of nitrogens with one attached hydrogen (secondary N) is 1. The lowest BCUT2D eigenvalue weighted by molar-refractivity contribution is -0.151. The lowest BCUT2D eigenvalue weighted by Crippen LogP contribution is -2.38. The Morgan fingerprint density at radius 3 is 2.50 bits per heavy atom. The summed E-state index contributed by atoms with van der Waals surface area (Å²) < 4.78 is 0.926. The largest absolute Gasteiger partial charge is 0.480 e. The van der Waals surface area contributed by atoms with E-state index < -0.39 is 17.3 Å². The summed E-state index contributed by atoms with van der Waals surface area (Å²) in [6.07, 6.45) is 0.753. The first-order valence-electron chi connectivity index (χ1n) is 5.62. The van der Waals surface area contributed by atoms with Gasteiger partial charge in [-0.05, 0) is 44.0 Å². The van der Waals surface area contributed by atoms with Crippen molar-refractivity contribution in [1.82, 2.24) is 0 Å². The number of amides is 1. The monoisotopic (exact) mass is 313 g/mol. The van der Waals surface area contributed by atoms with E-state index in [1.165, 1.54) is 13.8 Å². The average Bonchev–Trinajstić information content (AvgIpc) is 2.30. The topological polar surface area (TPSA) is 66.4 Å². The lowest BCUT2D eigenvalue weighted by Gasteiger charge is -2.19. The summed E-state index contributed by atoms with van der Waals surface area (Å²) in [4.78, 5) is 22.9. The zero-order chi connectivity index (χ0) is 13.9. The molecule has 4 nitrogen and oxygen atoms in total. The van der Waals surface area contributed by atoms with Crippen LogP contribution in [0.5, 0.6) is 0 Å². The van der Waals surface area contributed by atoms with Gasteiger partial charge < -0.3 is 10.4 Å². The second-order valence-electron chi connectivity index (χ2n) is 4.54. The van der Waals surface area contributed by atoms with Crippen LogP contribution in [0.1, 0.15) is 26.3 Å². The van der Waals surface area contributed by atoms with Crippen LogP contribution in [-0.2, 0) is 16.0 Å². The molecule has 0 bridgehead atoms. The first-order valence-corrected chi connectivity index (χ1v) is 6.41. The third-order valence-electron chi connectivity index (χ3n) is 2.80. The molecule has 0 spiro atoms. The molecule has 0 aliphatic carbocycles. The van der Waals surface area contributed by atoms with Gasteiger partial charge in [-0.15, -0.1) is 0 Å². The summed E-state index contributed by atoms with van der Waals surface area (Å²) in [5, 5.41) is 11.7. The molecule has 0 saturated carbocycles. The molecule has 0 radical (unpaired) electrons. The SMILES string of the molecule is CCc1cc(Br)ccc1NC(=O)C(C)(C)C(=O)O. The first-order chi connectivity index (χ1) is 8.28. The van der Waals surface area contributed by atoms with E-state index in [1.54, 1.807) is 6.07 Å². The van der Waals surface area contributed by atoms with Crippen molar-refractivity contribution in [3.8, 4) is 0 Å². The quantitative estimate of drug-likeness (QED) is 0.839. The molecule has 0 saturated heterocycles. The molecule has 2 N–H and O–H groups in total. The summed E-state index contributed by atoms with van der Waals surface area (Å²) in [6.45, 7) is 4.74. The lowest BCUT2D eigenvalue weighted by atomic mass is 9.92. The Hall–Kier alpha value is -1.36. The van der Waals surface area contributed by atoms with Crippen LogP contribution >= 0.6 is 15.9 Å². The van der Waals surface area contributed by atoms with Crippen molar-refractivity contribution in [3.05, 3.63) is 28.2 Å². The third kappa shape index (κ3) is 3.10. The molecule has 0 fully saturated rings. The van der Waals surface area contributed by atoms with Crippen LogP contribution in [0, 0.1) is 5.41 Å². The van der Waals surface area contributed by atoms with E-state index in [9.17, 15) is 9.59 Å². The molecule has 18 heavy (non-hydrogen) atoms. The van der Waals surface area contributed by atoms with Crippen molar-refractivity contribution in [2.45, 2.75) is 27.2 Å². The van der Waals surface area contributed by atoms with Crippen LogP contribution in [0.25, 0.3) is 0 Å². The highest BCUT2D eigenvalue weighted by Crippen LogP contribution is 2.24. The Morgan fingerprint density at radius 2 is 2.00 bits per heavy atom. The number of carbonyl (C=O) groups excluding carboxylic acids is 1. The van der Waals surface area contributed by atoms with Crippen LogP contribution in [0.3, 0.4) is 0 Å². The maximum absolute atomic E-state index is 11.9. The van der Waals surface area contributed by atoms with E-state index in [0.717, 1.165) is 16.5 Å². The zero-order valence-corrected chi connectivity index (χ0v) is 12.2. The number of aliphatic carboxylic acids is 1. The van der Waals surface area contributed by atoms with E-state index in [4.69, 9.17) is 5.11 Å². The zero-order valence-electron chi connectivity index (χ0n) is 10.6. The Morgan fingerprint density at radius 1 is 1.39 bits per heavy atom. The van der Waals surface area contributed by atoms with Crippen molar-refractivity contribution >= 4 is 33.5 Å². The third-order valence-corrected chi connectivity index (χ3v) is 3.29. The Labute approximate surface area is 115 Å². The molecule has 98 valence electrons. The Kier molecular flexibility index (Phi) is 4.51. The molecule has 5 heteroatoms. The van der Waals surface area contributed by atoms with Crippen molar-refractivity contribution < 1.29 is 14.7 Å². The number of carboxylic acid groups (broad SMARTS) is 1. The molecule has 1 aromatic carbocycles. The van der Waals surface area contributed by atoms with Crippen LogP contribution in [-0.4, -0.2) is 17.0 Å². The Balaban J connectivity index is 2.98. The van der Waals surface area contributed by atoms with Gasteiger partial charge in [0, 0.05) is 10.2 Å². The molecule has 0 unspecified atom stereocenters. The van der Waals surface area contributed by atoms with Gasteiger partial charge in [-0.1, -0.05) is 22.9 Å². The smallest absolute Gasteiger partial charge is 0.318 e. The summed E-state index contributed by atoms with van der Waals surface area (Å²) in [7, 11) is 0. The van der Waals surface area contributed by atoms with Crippen LogP contribution in [0.4, 0.5) is 5.69 Å². The van der Waals surface area contributed by atoms with Gasteiger partial charge in [-0.3, -0.25) is 9.59 Å². The van der Waals surface area contributed by atoms with Gasteiger partial charge in [0.25, 0.3) is 0 Å². The normalized spacial score (nSPS) is 11.1.